The molecule has 0 fully saturated rings. The van der Waals surface area contributed by atoms with Crippen molar-refractivity contribution < 1.29 is 0 Å². The van der Waals surface area contributed by atoms with E-state index in [0.29, 0.717) is 5.92 Å². The number of anilines is 1. The Balaban J connectivity index is 1.53. The maximum atomic E-state index is 4.77. The van der Waals surface area contributed by atoms with Gasteiger partial charge in [-0.2, -0.15) is 0 Å². The highest BCUT2D eigenvalue weighted by Gasteiger charge is 2.28. The SMILES string of the molecule is c1csc(C2CN(c3nccc(-c4cnccn4)n3)Cc3ccccc32)c1. The third-order valence-electron chi connectivity index (χ3n) is 4.83. The molecule has 3 aromatic heterocycles. The van der Waals surface area contributed by atoms with Crippen molar-refractivity contribution in [1.82, 2.24) is 19.9 Å². The van der Waals surface area contributed by atoms with Crippen LogP contribution in [0.3, 0.4) is 0 Å². The average molecular weight is 371 g/mol. The van der Waals surface area contributed by atoms with Gasteiger partial charge in [0.15, 0.2) is 0 Å². The summed E-state index contributed by atoms with van der Waals surface area (Å²) in [5, 5.41) is 2.14. The van der Waals surface area contributed by atoms with Crippen molar-refractivity contribution in [1.29, 1.82) is 0 Å². The van der Waals surface area contributed by atoms with E-state index >= 15 is 0 Å². The monoisotopic (exact) mass is 371 g/mol. The molecule has 27 heavy (non-hydrogen) atoms. The van der Waals surface area contributed by atoms with Gasteiger partial charge in [-0.3, -0.25) is 9.97 Å². The highest BCUT2D eigenvalue weighted by molar-refractivity contribution is 7.10. The van der Waals surface area contributed by atoms with Crippen LogP contribution >= 0.6 is 11.3 Å². The van der Waals surface area contributed by atoms with E-state index in [-0.39, 0.29) is 0 Å². The van der Waals surface area contributed by atoms with E-state index in [9.17, 15) is 0 Å². The first kappa shape index (κ1) is 16.1. The Morgan fingerprint density at radius 2 is 1.89 bits per heavy atom. The predicted molar refractivity (Wildman–Crippen MR) is 107 cm³/mol. The Hall–Kier alpha value is -3.12. The number of rotatable bonds is 3. The van der Waals surface area contributed by atoms with Crippen LogP contribution in [0.1, 0.15) is 21.9 Å². The maximum Gasteiger partial charge on any atom is 0.226 e. The molecule has 0 saturated heterocycles. The van der Waals surface area contributed by atoms with Crippen LogP contribution in [0.25, 0.3) is 11.4 Å². The van der Waals surface area contributed by atoms with Crippen LogP contribution in [0.4, 0.5) is 5.95 Å². The zero-order valence-electron chi connectivity index (χ0n) is 14.6. The fourth-order valence-corrected chi connectivity index (χ4v) is 4.40. The molecule has 1 atom stereocenters. The molecule has 0 amide bonds. The van der Waals surface area contributed by atoms with Crippen LogP contribution in [-0.2, 0) is 6.54 Å². The van der Waals surface area contributed by atoms with Gasteiger partial charge in [0.25, 0.3) is 0 Å². The molecule has 5 rings (SSSR count). The summed E-state index contributed by atoms with van der Waals surface area (Å²) in [5.41, 5.74) is 4.28. The van der Waals surface area contributed by atoms with Crippen molar-refractivity contribution in [2.45, 2.75) is 12.5 Å². The number of thiophene rings is 1. The van der Waals surface area contributed by atoms with E-state index in [4.69, 9.17) is 4.98 Å². The molecule has 1 aliphatic heterocycles. The summed E-state index contributed by atoms with van der Waals surface area (Å²) in [4.78, 5) is 21.4. The lowest BCUT2D eigenvalue weighted by Crippen LogP contribution is -2.35. The van der Waals surface area contributed by atoms with E-state index in [1.807, 2.05) is 6.07 Å². The number of hydrogen-bond donors (Lipinski definition) is 0. The van der Waals surface area contributed by atoms with E-state index in [0.717, 1.165) is 30.4 Å². The lowest BCUT2D eigenvalue weighted by molar-refractivity contribution is 0.655. The molecule has 1 aromatic carbocycles. The quantitative estimate of drug-likeness (QED) is 0.542. The zero-order valence-corrected chi connectivity index (χ0v) is 15.4. The Labute approximate surface area is 161 Å². The van der Waals surface area contributed by atoms with E-state index in [1.54, 1.807) is 36.1 Å². The van der Waals surface area contributed by atoms with E-state index < -0.39 is 0 Å². The van der Waals surface area contributed by atoms with Crippen molar-refractivity contribution in [3.8, 4) is 11.4 Å². The largest absolute Gasteiger partial charge is 0.335 e. The minimum absolute atomic E-state index is 0.332. The Morgan fingerprint density at radius 3 is 2.74 bits per heavy atom. The topological polar surface area (TPSA) is 54.8 Å². The Bertz CT molecular complexity index is 1050. The van der Waals surface area contributed by atoms with Gasteiger partial charge in [-0.15, -0.1) is 11.3 Å². The third kappa shape index (κ3) is 3.08. The first-order valence-corrected chi connectivity index (χ1v) is 9.72. The Morgan fingerprint density at radius 1 is 0.926 bits per heavy atom. The van der Waals surface area contributed by atoms with E-state index in [2.05, 4.69) is 61.6 Å². The third-order valence-corrected chi connectivity index (χ3v) is 5.82. The zero-order chi connectivity index (χ0) is 18.1. The van der Waals surface area contributed by atoms with Crippen LogP contribution < -0.4 is 4.90 Å². The molecule has 5 nitrogen and oxygen atoms in total. The maximum absolute atomic E-state index is 4.77. The molecule has 4 aromatic rings. The molecule has 4 heterocycles. The van der Waals surface area contributed by atoms with Crippen LogP contribution in [0.5, 0.6) is 0 Å². The second kappa shape index (κ2) is 6.89. The van der Waals surface area contributed by atoms with Gasteiger partial charge in [0.2, 0.25) is 5.95 Å². The van der Waals surface area contributed by atoms with Crippen LogP contribution in [0, 0.1) is 0 Å². The van der Waals surface area contributed by atoms with Crippen LogP contribution in [-0.4, -0.2) is 26.5 Å². The highest BCUT2D eigenvalue weighted by atomic mass is 32.1. The fraction of sp³-hybridized carbons (Fsp3) is 0.143. The normalized spacial score (nSPS) is 16.1. The molecule has 6 heteroatoms. The molecule has 132 valence electrons. The summed E-state index contributed by atoms with van der Waals surface area (Å²) >= 11 is 1.80. The second-order valence-corrected chi connectivity index (χ2v) is 7.46. The molecule has 1 unspecified atom stereocenters. The van der Waals surface area contributed by atoms with Gasteiger partial charge in [-0.1, -0.05) is 30.3 Å². The first-order valence-electron chi connectivity index (χ1n) is 8.84. The van der Waals surface area contributed by atoms with Gasteiger partial charge in [0, 0.05) is 42.5 Å². The summed E-state index contributed by atoms with van der Waals surface area (Å²) < 4.78 is 0. The van der Waals surface area contributed by atoms with Crippen LogP contribution in [0.2, 0.25) is 0 Å². The number of hydrogen-bond acceptors (Lipinski definition) is 6. The molecule has 0 radical (unpaired) electrons. The molecule has 1 aliphatic rings. The van der Waals surface area contributed by atoms with Crippen molar-refractivity contribution in [3.63, 3.8) is 0 Å². The highest BCUT2D eigenvalue weighted by Crippen LogP contribution is 2.36. The lowest BCUT2D eigenvalue weighted by atomic mass is 9.89. The second-order valence-electron chi connectivity index (χ2n) is 6.48. The van der Waals surface area contributed by atoms with Crippen molar-refractivity contribution in [2.75, 3.05) is 11.4 Å². The minimum Gasteiger partial charge on any atom is -0.335 e. The smallest absolute Gasteiger partial charge is 0.226 e. The molecular formula is C21H17N5S. The number of nitrogens with zero attached hydrogens (tertiary/aromatic N) is 5. The van der Waals surface area contributed by atoms with Crippen molar-refractivity contribution in [3.05, 3.63) is 88.6 Å². The van der Waals surface area contributed by atoms with Gasteiger partial charge < -0.3 is 4.90 Å². The number of aromatic nitrogens is 4. The van der Waals surface area contributed by atoms with Crippen molar-refractivity contribution >= 4 is 17.3 Å². The lowest BCUT2D eigenvalue weighted by Gasteiger charge is -2.34. The summed E-state index contributed by atoms with van der Waals surface area (Å²) in [7, 11) is 0. The molecule has 0 bridgehead atoms. The van der Waals surface area contributed by atoms with Crippen LogP contribution in [0.15, 0.2) is 72.6 Å². The number of fused-ring (bicyclic) bond motifs is 1. The average Bonchev–Trinajstić information content (AvgIpc) is 3.28. The summed E-state index contributed by atoms with van der Waals surface area (Å²) in [6.07, 6.45) is 6.87. The molecule has 0 N–H and O–H groups in total. The standard InChI is InChI=1S/C21H17N5S/c1-2-5-16-15(4-1)13-26(14-17(16)20-6-3-11-27-20)21-24-8-7-18(25-21)19-12-22-9-10-23-19/h1-12,17H,13-14H2. The molecular weight excluding hydrogens is 354 g/mol. The van der Waals surface area contributed by atoms with Gasteiger partial charge in [-0.25, -0.2) is 9.97 Å². The summed E-state index contributed by atoms with van der Waals surface area (Å²) in [6.45, 7) is 1.67. The minimum atomic E-state index is 0.332. The summed E-state index contributed by atoms with van der Waals surface area (Å²) in [5.74, 6) is 1.06. The summed E-state index contributed by atoms with van der Waals surface area (Å²) in [6, 6.07) is 14.9. The van der Waals surface area contributed by atoms with E-state index in [1.165, 1.54) is 16.0 Å². The first-order chi connectivity index (χ1) is 13.4. The molecule has 0 spiro atoms. The van der Waals surface area contributed by atoms with Gasteiger partial charge in [-0.05, 0) is 28.6 Å². The fourth-order valence-electron chi connectivity index (χ4n) is 3.57. The van der Waals surface area contributed by atoms with Gasteiger partial charge in [0.05, 0.1) is 11.9 Å². The van der Waals surface area contributed by atoms with Gasteiger partial charge >= 0.3 is 0 Å². The molecule has 0 saturated carbocycles. The van der Waals surface area contributed by atoms with Crippen molar-refractivity contribution in [2.24, 2.45) is 0 Å². The van der Waals surface area contributed by atoms with Gasteiger partial charge in [0.1, 0.15) is 5.69 Å². The Kier molecular flexibility index (Phi) is 4.10. The molecule has 0 aliphatic carbocycles. The number of benzene rings is 1. The predicted octanol–water partition coefficient (Wildman–Crippen LogP) is 4.15.